The molecule has 1 rings (SSSR count). The third kappa shape index (κ3) is 3.49. The normalized spacial score (nSPS) is 20.7. The van der Waals surface area contributed by atoms with Crippen LogP contribution in [-0.2, 0) is 0 Å². The maximum absolute atomic E-state index is 8.56. The highest BCUT2D eigenvalue weighted by Gasteiger charge is 2.14. The molecule has 0 aromatic carbocycles. The van der Waals surface area contributed by atoms with E-state index in [1.807, 2.05) is 18.7 Å². The first kappa shape index (κ1) is 9.92. The van der Waals surface area contributed by atoms with Gasteiger partial charge in [-0.15, -0.1) is 0 Å². The molecule has 2 heteroatoms. The Morgan fingerprint density at radius 2 is 2.17 bits per heavy atom. The fourth-order valence-corrected chi connectivity index (χ4v) is 2.86. The van der Waals surface area contributed by atoms with Crippen molar-refractivity contribution in [1.29, 1.82) is 5.26 Å². The summed E-state index contributed by atoms with van der Waals surface area (Å²) in [5, 5.41) is 8.56. The molecular weight excluding hydrogens is 166 g/mol. The average molecular weight is 183 g/mol. The maximum atomic E-state index is 8.56. The lowest BCUT2D eigenvalue weighted by Gasteiger charge is -2.08. The van der Waals surface area contributed by atoms with Crippen LogP contribution in [0.4, 0.5) is 0 Å². The van der Waals surface area contributed by atoms with Gasteiger partial charge in [0.05, 0.1) is 12.0 Å². The van der Waals surface area contributed by atoms with Gasteiger partial charge in [0.25, 0.3) is 0 Å². The predicted octanol–water partition coefficient (Wildman–Crippen LogP) is 3.07. The summed E-state index contributed by atoms with van der Waals surface area (Å²) < 4.78 is 0. The molecule has 0 bridgehead atoms. The summed E-state index contributed by atoms with van der Waals surface area (Å²) in [6.07, 6.45) is 5.71. The van der Waals surface area contributed by atoms with Crippen LogP contribution in [0.3, 0.4) is 0 Å². The highest BCUT2D eigenvalue weighted by Crippen LogP contribution is 2.28. The Bertz CT molecular complexity index is 156. The molecule has 1 aliphatic carbocycles. The largest absolute Gasteiger partial charge is 0.198 e. The van der Waals surface area contributed by atoms with Gasteiger partial charge in [-0.3, -0.25) is 0 Å². The van der Waals surface area contributed by atoms with E-state index in [0.717, 1.165) is 11.7 Å². The average Bonchev–Trinajstić information content (AvgIpc) is 2.57. The van der Waals surface area contributed by atoms with Crippen molar-refractivity contribution < 1.29 is 0 Å². The van der Waals surface area contributed by atoms with Crippen LogP contribution in [0, 0.1) is 23.2 Å². The smallest absolute Gasteiger partial charge is 0.0661 e. The SMILES string of the molecule is CC(C#N)CSCC1CCCC1. The highest BCUT2D eigenvalue weighted by molar-refractivity contribution is 7.99. The quantitative estimate of drug-likeness (QED) is 0.669. The highest BCUT2D eigenvalue weighted by atomic mass is 32.2. The fraction of sp³-hybridized carbons (Fsp3) is 0.900. The zero-order valence-corrected chi connectivity index (χ0v) is 8.57. The molecule has 0 aromatic heterocycles. The van der Waals surface area contributed by atoms with Gasteiger partial charge in [0, 0.05) is 5.75 Å². The molecule has 12 heavy (non-hydrogen) atoms. The Kier molecular flexibility index (Phi) is 4.53. The van der Waals surface area contributed by atoms with E-state index in [0.29, 0.717) is 0 Å². The van der Waals surface area contributed by atoms with Crippen molar-refractivity contribution in [3.05, 3.63) is 0 Å². The molecule has 1 fully saturated rings. The molecule has 1 nitrogen and oxygen atoms in total. The lowest BCUT2D eigenvalue weighted by molar-refractivity contribution is 0.622. The van der Waals surface area contributed by atoms with E-state index in [9.17, 15) is 0 Å². The van der Waals surface area contributed by atoms with E-state index >= 15 is 0 Å². The number of hydrogen-bond acceptors (Lipinski definition) is 2. The van der Waals surface area contributed by atoms with Crippen molar-refractivity contribution in [3.63, 3.8) is 0 Å². The molecule has 0 amide bonds. The second-order valence-corrected chi connectivity index (χ2v) is 4.79. The Morgan fingerprint density at radius 1 is 1.50 bits per heavy atom. The Balaban J connectivity index is 1.98. The minimum absolute atomic E-state index is 0.233. The predicted molar refractivity (Wildman–Crippen MR) is 54.1 cm³/mol. The maximum Gasteiger partial charge on any atom is 0.0661 e. The van der Waals surface area contributed by atoms with Gasteiger partial charge < -0.3 is 0 Å². The third-order valence-electron chi connectivity index (χ3n) is 2.42. The molecule has 68 valence electrons. The summed E-state index contributed by atoms with van der Waals surface area (Å²) in [5.74, 6) is 3.50. The Hall–Kier alpha value is -0.160. The van der Waals surface area contributed by atoms with Gasteiger partial charge in [0.2, 0.25) is 0 Å². The minimum atomic E-state index is 0.233. The zero-order chi connectivity index (χ0) is 8.81. The summed E-state index contributed by atoms with van der Waals surface area (Å²) in [6, 6.07) is 2.27. The number of rotatable bonds is 4. The first-order chi connectivity index (χ1) is 5.83. The monoisotopic (exact) mass is 183 g/mol. The fourth-order valence-electron chi connectivity index (χ4n) is 1.63. The van der Waals surface area contributed by atoms with Crippen LogP contribution in [0.5, 0.6) is 0 Å². The van der Waals surface area contributed by atoms with E-state index in [1.54, 1.807) is 0 Å². The van der Waals surface area contributed by atoms with Crippen LogP contribution >= 0.6 is 11.8 Å². The lowest BCUT2D eigenvalue weighted by Crippen LogP contribution is -2.01. The number of thioether (sulfide) groups is 1. The van der Waals surface area contributed by atoms with Crippen molar-refractivity contribution in [2.45, 2.75) is 32.6 Å². The van der Waals surface area contributed by atoms with E-state index in [4.69, 9.17) is 5.26 Å². The zero-order valence-electron chi connectivity index (χ0n) is 7.75. The van der Waals surface area contributed by atoms with Crippen LogP contribution < -0.4 is 0 Å². The molecule has 1 saturated carbocycles. The molecular formula is C10H17NS. The van der Waals surface area contributed by atoms with Crippen molar-refractivity contribution >= 4 is 11.8 Å². The van der Waals surface area contributed by atoms with Gasteiger partial charge in [-0.25, -0.2) is 0 Å². The van der Waals surface area contributed by atoms with E-state index in [1.165, 1.54) is 31.4 Å². The van der Waals surface area contributed by atoms with Crippen molar-refractivity contribution in [1.82, 2.24) is 0 Å². The van der Waals surface area contributed by atoms with Crippen LogP contribution in [-0.4, -0.2) is 11.5 Å². The third-order valence-corrected chi connectivity index (χ3v) is 3.86. The van der Waals surface area contributed by atoms with Crippen molar-refractivity contribution in [2.75, 3.05) is 11.5 Å². The number of nitrogens with zero attached hydrogens (tertiary/aromatic N) is 1. The molecule has 1 aliphatic rings. The van der Waals surface area contributed by atoms with Crippen LogP contribution in [0.25, 0.3) is 0 Å². The first-order valence-electron chi connectivity index (χ1n) is 4.80. The number of nitriles is 1. The van der Waals surface area contributed by atoms with E-state index < -0.39 is 0 Å². The molecule has 0 N–H and O–H groups in total. The molecule has 0 aliphatic heterocycles. The molecule has 1 unspecified atom stereocenters. The minimum Gasteiger partial charge on any atom is -0.198 e. The van der Waals surface area contributed by atoms with Gasteiger partial charge in [-0.2, -0.15) is 17.0 Å². The summed E-state index contributed by atoms with van der Waals surface area (Å²) in [4.78, 5) is 0. The Morgan fingerprint density at radius 3 is 2.75 bits per heavy atom. The first-order valence-corrected chi connectivity index (χ1v) is 5.95. The van der Waals surface area contributed by atoms with Gasteiger partial charge in [-0.1, -0.05) is 12.8 Å². The summed E-state index contributed by atoms with van der Waals surface area (Å²) in [6.45, 7) is 2.00. The van der Waals surface area contributed by atoms with Gasteiger partial charge in [-0.05, 0) is 31.4 Å². The van der Waals surface area contributed by atoms with Crippen LogP contribution in [0.2, 0.25) is 0 Å². The molecule has 0 radical (unpaired) electrons. The molecule has 0 aromatic rings. The second-order valence-electron chi connectivity index (χ2n) is 3.72. The lowest BCUT2D eigenvalue weighted by atomic mass is 10.1. The second kappa shape index (κ2) is 5.48. The van der Waals surface area contributed by atoms with Crippen molar-refractivity contribution in [3.8, 4) is 6.07 Å². The summed E-state index contributed by atoms with van der Waals surface area (Å²) >= 11 is 1.96. The Labute approximate surface area is 79.5 Å². The van der Waals surface area contributed by atoms with E-state index in [2.05, 4.69) is 6.07 Å². The summed E-state index contributed by atoms with van der Waals surface area (Å²) in [7, 11) is 0. The number of hydrogen-bond donors (Lipinski definition) is 0. The van der Waals surface area contributed by atoms with Crippen molar-refractivity contribution in [2.24, 2.45) is 11.8 Å². The van der Waals surface area contributed by atoms with Crippen LogP contribution in [0.1, 0.15) is 32.6 Å². The summed E-state index contributed by atoms with van der Waals surface area (Å²) in [5.41, 5.74) is 0. The van der Waals surface area contributed by atoms with Crippen LogP contribution in [0.15, 0.2) is 0 Å². The molecule has 0 saturated heterocycles. The standard InChI is InChI=1S/C10H17NS/c1-9(6-11)7-12-8-10-4-2-3-5-10/h9-10H,2-5,7-8H2,1H3. The van der Waals surface area contributed by atoms with Gasteiger partial charge >= 0.3 is 0 Å². The van der Waals surface area contributed by atoms with Gasteiger partial charge in [0.15, 0.2) is 0 Å². The molecule has 0 heterocycles. The van der Waals surface area contributed by atoms with Gasteiger partial charge in [0.1, 0.15) is 0 Å². The van der Waals surface area contributed by atoms with E-state index in [-0.39, 0.29) is 5.92 Å². The molecule has 1 atom stereocenters. The molecule has 0 spiro atoms. The topological polar surface area (TPSA) is 23.8 Å².